The van der Waals surface area contributed by atoms with Crippen LogP contribution in [0.2, 0.25) is 0 Å². The van der Waals surface area contributed by atoms with Crippen molar-refractivity contribution >= 4 is 11.8 Å². The lowest BCUT2D eigenvalue weighted by atomic mass is 9.81. The smallest absolute Gasteiger partial charge is 0.225 e. The van der Waals surface area contributed by atoms with Gasteiger partial charge in [-0.2, -0.15) is 0 Å². The van der Waals surface area contributed by atoms with Gasteiger partial charge in [0.25, 0.3) is 0 Å². The molecular formula is C19H25FN2O3. The number of benzene rings is 1. The normalized spacial score (nSPS) is 24.0. The highest BCUT2D eigenvalue weighted by molar-refractivity contribution is 5.81. The second kappa shape index (κ2) is 8.43. The molecule has 1 N–H and O–H groups in total. The second-order valence-corrected chi connectivity index (χ2v) is 6.83. The number of hydrogen-bond donors (Lipinski definition) is 1. The molecule has 1 aromatic carbocycles. The van der Waals surface area contributed by atoms with Crippen LogP contribution in [0.5, 0.6) is 0 Å². The van der Waals surface area contributed by atoms with Gasteiger partial charge >= 0.3 is 0 Å². The number of carbonyl (C=O) groups is 2. The van der Waals surface area contributed by atoms with Crippen LogP contribution in [0.3, 0.4) is 0 Å². The Labute approximate surface area is 147 Å². The topological polar surface area (TPSA) is 58.6 Å². The highest BCUT2D eigenvalue weighted by atomic mass is 19.1. The molecule has 25 heavy (non-hydrogen) atoms. The zero-order chi connectivity index (χ0) is 17.6. The molecule has 0 atom stereocenters. The molecule has 3 rings (SSSR count). The third-order valence-corrected chi connectivity index (χ3v) is 5.15. The van der Waals surface area contributed by atoms with Crippen LogP contribution in [0.1, 0.15) is 31.2 Å². The first-order chi connectivity index (χ1) is 12.1. The SMILES string of the molecule is O=C(NCc1ccc(F)cc1)C1CCC(C(=O)N2CCOCC2)CC1. The van der Waals surface area contributed by atoms with Crippen LogP contribution < -0.4 is 5.32 Å². The fraction of sp³-hybridized carbons (Fsp3) is 0.579. The van der Waals surface area contributed by atoms with Crippen molar-refractivity contribution in [3.63, 3.8) is 0 Å². The van der Waals surface area contributed by atoms with Crippen molar-refractivity contribution in [1.82, 2.24) is 10.2 Å². The number of rotatable bonds is 4. The van der Waals surface area contributed by atoms with Crippen molar-refractivity contribution in [1.29, 1.82) is 0 Å². The van der Waals surface area contributed by atoms with Gasteiger partial charge in [0.1, 0.15) is 5.82 Å². The van der Waals surface area contributed by atoms with Crippen molar-refractivity contribution in [2.45, 2.75) is 32.2 Å². The van der Waals surface area contributed by atoms with Crippen molar-refractivity contribution in [3.8, 4) is 0 Å². The molecule has 0 bridgehead atoms. The van der Waals surface area contributed by atoms with E-state index in [-0.39, 0.29) is 29.5 Å². The van der Waals surface area contributed by atoms with Gasteiger partial charge in [0.05, 0.1) is 13.2 Å². The van der Waals surface area contributed by atoms with Crippen LogP contribution in [-0.2, 0) is 20.9 Å². The zero-order valence-electron chi connectivity index (χ0n) is 14.4. The number of nitrogens with zero attached hydrogens (tertiary/aromatic N) is 1. The van der Waals surface area contributed by atoms with Crippen molar-refractivity contribution in [2.75, 3.05) is 26.3 Å². The minimum Gasteiger partial charge on any atom is -0.378 e. The molecule has 1 saturated carbocycles. The Morgan fingerprint density at radius 1 is 1.04 bits per heavy atom. The number of nitrogens with one attached hydrogen (secondary N) is 1. The molecule has 2 aliphatic rings. The quantitative estimate of drug-likeness (QED) is 0.907. The highest BCUT2D eigenvalue weighted by Gasteiger charge is 2.32. The summed E-state index contributed by atoms with van der Waals surface area (Å²) >= 11 is 0. The molecule has 1 saturated heterocycles. The lowest BCUT2D eigenvalue weighted by Crippen LogP contribution is -2.45. The summed E-state index contributed by atoms with van der Waals surface area (Å²) in [5.74, 6) is -0.0261. The Kier molecular flexibility index (Phi) is 6.02. The van der Waals surface area contributed by atoms with E-state index in [1.165, 1.54) is 12.1 Å². The molecule has 1 aliphatic carbocycles. The van der Waals surface area contributed by atoms with E-state index in [0.29, 0.717) is 32.8 Å². The maximum Gasteiger partial charge on any atom is 0.225 e. The van der Waals surface area contributed by atoms with Crippen molar-refractivity contribution < 1.29 is 18.7 Å². The Hall–Kier alpha value is -1.95. The number of hydrogen-bond acceptors (Lipinski definition) is 3. The Morgan fingerprint density at radius 2 is 1.64 bits per heavy atom. The molecule has 0 unspecified atom stereocenters. The van der Waals surface area contributed by atoms with Gasteiger partial charge in [-0.15, -0.1) is 0 Å². The monoisotopic (exact) mass is 348 g/mol. The highest BCUT2D eigenvalue weighted by Crippen LogP contribution is 2.30. The molecule has 1 aromatic rings. The third kappa shape index (κ3) is 4.78. The molecule has 6 heteroatoms. The van der Waals surface area contributed by atoms with E-state index < -0.39 is 0 Å². The van der Waals surface area contributed by atoms with Gasteiger partial charge in [-0.3, -0.25) is 9.59 Å². The van der Waals surface area contributed by atoms with E-state index in [4.69, 9.17) is 4.74 Å². The van der Waals surface area contributed by atoms with E-state index in [1.807, 2.05) is 4.90 Å². The fourth-order valence-electron chi connectivity index (χ4n) is 3.58. The number of ether oxygens (including phenoxy) is 1. The Balaban J connectivity index is 1.42. The van der Waals surface area contributed by atoms with E-state index in [0.717, 1.165) is 31.2 Å². The Morgan fingerprint density at radius 3 is 2.28 bits per heavy atom. The van der Waals surface area contributed by atoms with Gasteiger partial charge in [0.15, 0.2) is 0 Å². The minimum atomic E-state index is -0.279. The Bertz CT molecular complexity index is 591. The number of morpholine rings is 1. The third-order valence-electron chi connectivity index (χ3n) is 5.15. The second-order valence-electron chi connectivity index (χ2n) is 6.83. The molecule has 5 nitrogen and oxygen atoms in total. The maximum atomic E-state index is 12.9. The molecular weight excluding hydrogens is 323 g/mol. The van der Waals surface area contributed by atoms with Crippen LogP contribution >= 0.6 is 0 Å². The van der Waals surface area contributed by atoms with Crippen LogP contribution in [0.4, 0.5) is 4.39 Å². The maximum absolute atomic E-state index is 12.9. The summed E-state index contributed by atoms with van der Waals surface area (Å²) in [6.07, 6.45) is 3.03. The van der Waals surface area contributed by atoms with Crippen molar-refractivity contribution in [2.24, 2.45) is 11.8 Å². The number of amides is 2. The van der Waals surface area contributed by atoms with E-state index in [1.54, 1.807) is 12.1 Å². The molecule has 0 spiro atoms. The molecule has 2 fully saturated rings. The van der Waals surface area contributed by atoms with Gasteiger partial charge in [-0.1, -0.05) is 12.1 Å². The lowest BCUT2D eigenvalue weighted by molar-refractivity contribution is -0.142. The largest absolute Gasteiger partial charge is 0.378 e. The summed E-state index contributed by atoms with van der Waals surface area (Å²) < 4.78 is 18.2. The van der Waals surface area contributed by atoms with Gasteiger partial charge in [0.2, 0.25) is 11.8 Å². The number of halogens is 1. The predicted molar refractivity (Wildman–Crippen MR) is 91.1 cm³/mol. The first-order valence-electron chi connectivity index (χ1n) is 9.02. The predicted octanol–water partition coefficient (Wildman–Crippen LogP) is 2.11. The lowest BCUT2D eigenvalue weighted by Gasteiger charge is -2.33. The summed E-state index contributed by atoms with van der Waals surface area (Å²) in [4.78, 5) is 26.7. The van der Waals surface area contributed by atoms with E-state index >= 15 is 0 Å². The van der Waals surface area contributed by atoms with Crippen LogP contribution in [-0.4, -0.2) is 43.0 Å². The summed E-state index contributed by atoms with van der Waals surface area (Å²) in [6, 6.07) is 6.13. The van der Waals surface area contributed by atoms with Crippen LogP contribution in [0.25, 0.3) is 0 Å². The molecule has 0 radical (unpaired) electrons. The van der Waals surface area contributed by atoms with Gasteiger partial charge in [-0.25, -0.2) is 4.39 Å². The first kappa shape index (κ1) is 17.9. The number of carbonyl (C=O) groups excluding carboxylic acids is 2. The molecule has 2 amide bonds. The minimum absolute atomic E-state index is 0.0293. The average Bonchev–Trinajstić information content (AvgIpc) is 2.67. The van der Waals surface area contributed by atoms with Crippen LogP contribution in [0, 0.1) is 17.7 Å². The summed E-state index contributed by atoms with van der Waals surface area (Å²) in [5.41, 5.74) is 0.880. The van der Waals surface area contributed by atoms with E-state index in [2.05, 4.69) is 5.32 Å². The molecule has 1 aliphatic heterocycles. The first-order valence-corrected chi connectivity index (χ1v) is 9.02. The average molecular weight is 348 g/mol. The van der Waals surface area contributed by atoms with Crippen molar-refractivity contribution in [3.05, 3.63) is 35.6 Å². The zero-order valence-corrected chi connectivity index (χ0v) is 14.4. The molecule has 136 valence electrons. The van der Waals surface area contributed by atoms with Crippen LogP contribution in [0.15, 0.2) is 24.3 Å². The van der Waals surface area contributed by atoms with Gasteiger partial charge in [-0.05, 0) is 43.4 Å². The summed E-state index contributed by atoms with van der Waals surface area (Å²) in [5, 5.41) is 2.92. The summed E-state index contributed by atoms with van der Waals surface area (Å²) in [7, 11) is 0. The van der Waals surface area contributed by atoms with E-state index in [9.17, 15) is 14.0 Å². The summed E-state index contributed by atoms with van der Waals surface area (Å²) in [6.45, 7) is 3.00. The standard InChI is InChI=1S/C19H25FN2O3/c20-17-7-1-14(2-8-17)13-21-18(23)15-3-5-16(6-4-15)19(24)22-9-11-25-12-10-22/h1-2,7-8,15-16H,3-6,9-13H2,(H,21,23). The fourth-order valence-corrected chi connectivity index (χ4v) is 3.58. The van der Waals surface area contributed by atoms with Gasteiger partial charge in [0, 0.05) is 31.5 Å². The molecule has 1 heterocycles. The van der Waals surface area contributed by atoms with Gasteiger partial charge < -0.3 is 15.0 Å². The molecule has 0 aromatic heterocycles.